The van der Waals surface area contributed by atoms with Crippen LogP contribution < -0.4 is 0 Å². The smallest absolute Gasteiger partial charge is 0.313 e. The summed E-state index contributed by atoms with van der Waals surface area (Å²) in [5.74, 6) is -0.843. The topological polar surface area (TPSA) is 37.3 Å². The SMILES string of the molecule is C/C=C/[C@](C)(C(=O)O)[C@H](C)c1ccccc1. The van der Waals surface area contributed by atoms with Gasteiger partial charge in [0.1, 0.15) is 0 Å². The summed E-state index contributed by atoms with van der Waals surface area (Å²) in [6, 6.07) is 9.74. The Labute approximate surface area is 96.6 Å². The van der Waals surface area contributed by atoms with Gasteiger partial charge >= 0.3 is 5.97 Å². The number of rotatable bonds is 4. The third-order valence-electron chi connectivity index (χ3n) is 3.17. The van der Waals surface area contributed by atoms with Crippen LogP contribution in [0.15, 0.2) is 42.5 Å². The van der Waals surface area contributed by atoms with Crippen LogP contribution in [0.5, 0.6) is 0 Å². The van der Waals surface area contributed by atoms with Gasteiger partial charge in [-0.25, -0.2) is 0 Å². The zero-order valence-electron chi connectivity index (χ0n) is 9.97. The fourth-order valence-electron chi connectivity index (χ4n) is 1.84. The van der Waals surface area contributed by atoms with Gasteiger partial charge in [0.15, 0.2) is 0 Å². The van der Waals surface area contributed by atoms with Crippen molar-refractivity contribution in [3.8, 4) is 0 Å². The van der Waals surface area contributed by atoms with Crippen molar-refractivity contribution in [3.05, 3.63) is 48.0 Å². The summed E-state index contributed by atoms with van der Waals surface area (Å²) in [5.41, 5.74) is 0.196. The van der Waals surface area contributed by atoms with Crippen LogP contribution in [0.2, 0.25) is 0 Å². The monoisotopic (exact) mass is 218 g/mol. The summed E-state index contributed by atoms with van der Waals surface area (Å²) in [6.45, 7) is 5.55. The van der Waals surface area contributed by atoms with E-state index in [9.17, 15) is 9.90 Å². The first-order chi connectivity index (χ1) is 7.52. The number of aliphatic carboxylic acids is 1. The number of carboxylic acids is 1. The summed E-state index contributed by atoms with van der Waals surface area (Å²) >= 11 is 0. The lowest BCUT2D eigenvalue weighted by atomic mass is 9.74. The molecule has 0 aromatic heterocycles. The first-order valence-electron chi connectivity index (χ1n) is 5.44. The van der Waals surface area contributed by atoms with Gasteiger partial charge in [-0.15, -0.1) is 0 Å². The number of carbonyl (C=O) groups is 1. The maximum atomic E-state index is 11.4. The molecule has 0 heterocycles. The zero-order chi connectivity index (χ0) is 12.2. The Morgan fingerprint density at radius 1 is 1.38 bits per heavy atom. The number of carboxylic acid groups (broad SMARTS) is 1. The van der Waals surface area contributed by atoms with E-state index in [0.29, 0.717) is 0 Å². The van der Waals surface area contributed by atoms with Crippen LogP contribution in [-0.4, -0.2) is 11.1 Å². The van der Waals surface area contributed by atoms with Crippen molar-refractivity contribution in [2.45, 2.75) is 26.7 Å². The number of hydrogen-bond donors (Lipinski definition) is 1. The van der Waals surface area contributed by atoms with E-state index in [1.54, 1.807) is 19.1 Å². The lowest BCUT2D eigenvalue weighted by Gasteiger charge is -2.28. The molecule has 1 rings (SSSR count). The molecule has 0 bridgehead atoms. The molecule has 16 heavy (non-hydrogen) atoms. The average molecular weight is 218 g/mol. The molecule has 0 fully saturated rings. The Hall–Kier alpha value is -1.57. The van der Waals surface area contributed by atoms with Crippen LogP contribution in [-0.2, 0) is 4.79 Å². The molecule has 2 atom stereocenters. The fourth-order valence-corrected chi connectivity index (χ4v) is 1.84. The minimum Gasteiger partial charge on any atom is -0.481 e. The molecule has 0 aliphatic rings. The van der Waals surface area contributed by atoms with Gasteiger partial charge in [-0.05, 0) is 19.4 Å². The first-order valence-corrected chi connectivity index (χ1v) is 5.44. The molecule has 0 amide bonds. The van der Waals surface area contributed by atoms with Crippen molar-refractivity contribution in [2.75, 3.05) is 0 Å². The van der Waals surface area contributed by atoms with Crippen molar-refractivity contribution in [3.63, 3.8) is 0 Å². The minimum atomic E-state index is -0.851. The molecule has 0 aliphatic heterocycles. The molecule has 86 valence electrons. The van der Waals surface area contributed by atoms with Crippen molar-refractivity contribution in [1.29, 1.82) is 0 Å². The predicted octanol–water partition coefficient (Wildman–Crippen LogP) is 3.46. The summed E-state index contributed by atoms with van der Waals surface area (Å²) in [4.78, 5) is 11.4. The summed E-state index contributed by atoms with van der Waals surface area (Å²) < 4.78 is 0. The summed E-state index contributed by atoms with van der Waals surface area (Å²) in [7, 11) is 0. The maximum Gasteiger partial charge on any atom is 0.313 e. The second-order valence-corrected chi connectivity index (χ2v) is 4.22. The lowest BCUT2D eigenvalue weighted by Crippen LogP contribution is -2.31. The fraction of sp³-hybridized carbons (Fsp3) is 0.357. The molecular weight excluding hydrogens is 200 g/mol. The van der Waals surface area contributed by atoms with E-state index in [1.807, 2.05) is 44.2 Å². The number of hydrogen-bond acceptors (Lipinski definition) is 1. The van der Waals surface area contributed by atoms with Gasteiger partial charge < -0.3 is 5.11 Å². The molecule has 0 saturated carbocycles. The molecule has 0 unspecified atom stereocenters. The van der Waals surface area contributed by atoms with Gasteiger partial charge in [0.05, 0.1) is 5.41 Å². The van der Waals surface area contributed by atoms with E-state index < -0.39 is 11.4 Å². The van der Waals surface area contributed by atoms with Gasteiger partial charge in [-0.1, -0.05) is 49.4 Å². The molecule has 1 aromatic carbocycles. The Morgan fingerprint density at radius 2 is 1.94 bits per heavy atom. The number of benzene rings is 1. The standard InChI is InChI=1S/C14H18O2/c1-4-10-14(3,13(15)16)11(2)12-8-6-5-7-9-12/h4-11H,1-3H3,(H,15,16)/b10-4+/t11-,14+/m1/s1. The van der Waals surface area contributed by atoms with E-state index in [0.717, 1.165) is 5.56 Å². The molecule has 0 saturated heterocycles. The molecule has 1 aromatic rings. The largest absolute Gasteiger partial charge is 0.481 e. The van der Waals surface area contributed by atoms with E-state index in [-0.39, 0.29) is 5.92 Å². The van der Waals surface area contributed by atoms with E-state index >= 15 is 0 Å². The molecule has 0 radical (unpaired) electrons. The molecule has 1 N–H and O–H groups in total. The van der Waals surface area contributed by atoms with Crippen LogP contribution in [0.4, 0.5) is 0 Å². The second-order valence-electron chi connectivity index (χ2n) is 4.22. The van der Waals surface area contributed by atoms with E-state index in [2.05, 4.69) is 0 Å². The van der Waals surface area contributed by atoms with Crippen molar-refractivity contribution < 1.29 is 9.90 Å². The molecule has 0 aliphatic carbocycles. The van der Waals surface area contributed by atoms with Gasteiger partial charge in [0.25, 0.3) is 0 Å². The van der Waals surface area contributed by atoms with Gasteiger partial charge in [-0.2, -0.15) is 0 Å². The predicted molar refractivity (Wildman–Crippen MR) is 65.4 cm³/mol. The Bertz CT molecular complexity index is 381. The molecule has 2 heteroatoms. The third kappa shape index (κ3) is 2.32. The van der Waals surface area contributed by atoms with Crippen molar-refractivity contribution in [1.82, 2.24) is 0 Å². The maximum absolute atomic E-state index is 11.4. The Morgan fingerprint density at radius 3 is 2.38 bits per heavy atom. The highest BCUT2D eigenvalue weighted by Crippen LogP contribution is 2.37. The molecule has 0 spiro atoms. The molecule has 2 nitrogen and oxygen atoms in total. The summed E-state index contributed by atoms with van der Waals surface area (Å²) in [6.07, 6.45) is 3.56. The average Bonchev–Trinajstić information content (AvgIpc) is 2.29. The quantitative estimate of drug-likeness (QED) is 0.786. The highest BCUT2D eigenvalue weighted by molar-refractivity contribution is 5.78. The zero-order valence-corrected chi connectivity index (χ0v) is 9.97. The van der Waals surface area contributed by atoms with Crippen LogP contribution in [0, 0.1) is 5.41 Å². The van der Waals surface area contributed by atoms with Crippen LogP contribution in [0.1, 0.15) is 32.3 Å². The van der Waals surface area contributed by atoms with Crippen LogP contribution >= 0.6 is 0 Å². The summed E-state index contributed by atoms with van der Waals surface area (Å²) in [5, 5.41) is 9.34. The van der Waals surface area contributed by atoms with Gasteiger partial charge in [-0.3, -0.25) is 4.79 Å². The van der Waals surface area contributed by atoms with Gasteiger partial charge in [0.2, 0.25) is 0 Å². The van der Waals surface area contributed by atoms with Crippen molar-refractivity contribution >= 4 is 5.97 Å². The normalized spacial score (nSPS) is 16.9. The Kier molecular flexibility index (Phi) is 3.88. The van der Waals surface area contributed by atoms with E-state index in [4.69, 9.17) is 0 Å². The Balaban J connectivity index is 3.11. The lowest BCUT2D eigenvalue weighted by molar-refractivity contribution is -0.146. The second kappa shape index (κ2) is 4.97. The van der Waals surface area contributed by atoms with E-state index in [1.165, 1.54) is 0 Å². The van der Waals surface area contributed by atoms with Gasteiger partial charge in [0, 0.05) is 5.92 Å². The van der Waals surface area contributed by atoms with Crippen LogP contribution in [0.3, 0.4) is 0 Å². The highest BCUT2D eigenvalue weighted by atomic mass is 16.4. The highest BCUT2D eigenvalue weighted by Gasteiger charge is 2.36. The third-order valence-corrected chi connectivity index (χ3v) is 3.17. The molecular formula is C14H18O2. The van der Waals surface area contributed by atoms with Crippen LogP contribution in [0.25, 0.3) is 0 Å². The minimum absolute atomic E-state index is 0.0533. The number of allylic oxidation sites excluding steroid dienone is 1. The first kappa shape index (κ1) is 12.5. The van der Waals surface area contributed by atoms with Crippen molar-refractivity contribution in [2.24, 2.45) is 5.41 Å².